The fourth-order valence-corrected chi connectivity index (χ4v) is 3.06. The van der Waals surface area contributed by atoms with Crippen molar-refractivity contribution >= 4 is 35.5 Å². The highest BCUT2D eigenvalue weighted by Crippen LogP contribution is 2.17. The van der Waals surface area contributed by atoms with Gasteiger partial charge in [0.1, 0.15) is 0 Å². The third-order valence-corrected chi connectivity index (χ3v) is 4.81. The smallest absolute Gasteiger partial charge is 0.349 e. The molecule has 0 radical (unpaired) electrons. The van der Waals surface area contributed by atoms with E-state index in [1.54, 1.807) is 36.4 Å². The molecule has 0 saturated carbocycles. The van der Waals surface area contributed by atoms with Crippen LogP contribution < -0.4 is 5.32 Å². The molecule has 10 heteroatoms. The lowest BCUT2D eigenvalue weighted by molar-refractivity contribution is -0.157. The number of carbonyl (C=O) groups excluding carboxylic acids is 4. The van der Waals surface area contributed by atoms with Gasteiger partial charge in [0, 0.05) is 5.69 Å². The lowest BCUT2D eigenvalue weighted by Crippen LogP contribution is -2.48. The highest BCUT2D eigenvalue weighted by molar-refractivity contribution is 6.02. The summed E-state index contributed by atoms with van der Waals surface area (Å²) in [6.07, 6.45) is -4.26. The minimum absolute atomic E-state index is 0.0306. The minimum atomic E-state index is -2.19. The standard InChI is InChI=1S/C26H21NO9/c1-34-24(31)18-13-8-14-19(15-18)27-22(28)20(35-25(32)16-9-4-2-5-10-16)21(23(29)30)36-26(33)17-11-6-3-7-12-17/h2-15,20-21H,1H3,(H,27,28)(H,29,30)/t20-,21-/m0/s1. The van der Waals surface area contributed by atoms with Crippen molar-refractivity contribution in [3.8, 4) is 0 Å². The van der Waals surface area contributed by atoms with Gasteiger partial charge in [-0.2, -0.15) is 0 Å². The van der Waals surface area contributed by atoms with Crippen molar-refractivity contribution in [1.29, 1.82) is 0 Å². The number of ether oxygens (including phenoxy) is 3. The minimum Gasteiger partial charge on any atom is -0.478 e. The Kier molecular flexibility index (Phi) is 8.49. The summed E-state index contributed by atoms with van der Waals surface area (Å²) in [7, 11) is 1.19. The van der Waals surface area contributed by atoms with Gasteiger partial charge >= 0.3 is 23.9 Å². The van der Waals surface area contributed by atoms with E-state index in [1.165, 1.54) is 55.6 Å². The van der Waals surface area contributed by atoms with Crippen molar-refractivity contribution in [3.05, 3.63) is 102 Å². The molecule has 2 atom stereocenters. The third kappa shape index (κ3) is 6.54. The first-order chi connectivity index (χ1) is 17.3. The molecule has 10 nitrogen and oxygen atoms in total. The average molecular weight is 491 g/mol. The zero-order chi connectivity index (χ0) is 26.1. The van der Waals surface area contributed by atoms with Gasteiger partial charge in [-0.1, -0.05) is 42.5 Å². The summed E-state index contributed by atoms with van der Waals surface area (Å²) in [6.45, 7) is 0. The summed E-state index contributed by atoms with van der Waals surface area (Å²) < 4.78 is 15.0. The van der Waals surface area contributed by atoms with Gasteiger partial charge in [0.05, 0.1) is 23.8 Å². The molecule has 3 rings (SSSR count). The van der Waals surface area contributed by atoms with Crippen LogP contribution in [0.4, 0.5) is 5.69 Å². The van der Waals surface area contributed by atoms with E-state index < -0.39 is 42.0 Å². The molecule has 0 bridgehead atoms. The Morgan fingerprint density at radius 3 is 1.67 bits per heavy atom. The highest BCUT2D eigenvalue weighted by atomic mass is 16.6. The molecule has 0 aromatic heterocycles. The fraction of sp³-hybridized carbons (Fsp3) is 0.115. The van der Waals surface area contributed by atoms with Crippen LogP contribution in [0.3, 0.4) is 0 Å². The van der Waals surface area contributed by atoms with E-state index >= 15 is 0 Å². The van der Waals surface area contributed by atoms with Crippen molar-refractivity contribution in [2.75, 3.05) is 12.4 Å². The molecule has 0 fully saturated rings. The van der Waals surface area contributed by atoms with Crippen LogP contribution in [0.5, 0.6) is 0 Å². The van der Waals surface area contributed by atoms with Crippen molar-refractivity contribution in [1.82, 2.24) is 0 Å². The molecule has 0 aliphatic carbocycles. The molecule has 36 heavy (non-hydrogen) atoms. The molecule has 0 aliphatic rings. The number of aliphatic carboxylic acids is 1. The summed E-state index contributed by atoms with van der Waals surface area (Å²) in [5, 5.41) is 12.2. The number of nitrogens with one attached hydrogen (secondary N) is 1. The summed E-state index contributed by atoms with van der Waals surface area (Å²) in [5.74, 6) is -5.54. The molecule has 0 unspecified atom stereocenters. The van der Waals surface area contributed by atoms with Crippen LogP contribution in [-0.4, -0.2) is 54.2 Å². The summed E-state index contributed by atoms with van der Waals surface area (Å²) in [4.78, 5) is 62.2. The molecule has 2 N–H and O–H groups in total. The SMILES string of the molecule is COC(=O)c1cccc(NC(=O)[C@@H](OC(=O)c2ccccc2)[C@H](OC(=O)c2ccccc2)C(=O)O)c1. The Balaban J connectivity index is 1.91. The molecule has 1 amide bonds. The molecule has 0 spiro atoms. The Morgan fingerprint density at radius 1 is 0.667 bits per heavy atom. The lowest BCUT2D eigenvalue weighted by atomic mass is 10.1. The Hall–Kier alpha value is -4.99. The topological polar surface area (TPSA) is 145 Å². The van der Waals surface area contributed by atoms with E-state index in [0.29, 0.717) is 0 Å². The van der Waals surface area contributed by atoms with E-state index in [-0.39, 0.29) is 22.4 Å². The van der Waals surface area contributed by atoms with Gasteiger partial charge in [-0.3, -0.25) is 4.79 Å². The van der Waals surface area contributed by atoms with E-state index in [9.17, 15) is 29.1 Å². The second-order valence-corrected chi connectivity index (χ2v) is 7.28. The van der Waals surface area contributed by atoms with Crippen LogP contribution in [-0.2, 0) is 23.8 Å². The average Bonchev–Trinajstić information content (AvgIpc) is 2.90. The highest BCUT2D eigenvalue weighted by Gasteiger charge is 2.41. The quantitative estimate of drug-likeness (QED) is 0.341. The summed E-state index contributed by atoms with van der Waals surface area (Å²) in [5.41, 5.74) is 0.269. The van der Waals surface area contributed by atoms with E-state index in [2.05, 4.69) is 10.1 Å². The molecule has 0 saturated heterocycles. The number of methoxy groups -OCH3 is 1. The molecular formula is C26H21NO9. The number of hydrogen-bond donors (Lipinski definition) is 2. The van der Waals surface area contributed by atoms with Crippen LogP contribution in [0.15, 0.2) is 84.9 Å². The van der Waals surface area contributed by atoms with E-state index in [1.807, 2.05) is 0 Å². The number of rotatable bonds is 9. The number of carboxylic acid groups (broad SMARTS) is 1. The fourth-order valence-electron chi connectivity index (χ4n) is 3.06. The van der Waals surface area contributed by atoms with Crippen molar-refractivity contribution in [3.63, 3.8) is 0 Å². The first kappa shape index (κ1) is 25.6. The number of carbonyl (C=O) groups is 5. The normalized spacial score (nSPS) is 11.9. The van der Waals surface area contributed by atoms with Crippen LogP contribution in [0, 0.1) is 0 Å². The van der Waals surface area contributed by atoms with Gasteiger partial charge in [-0.05, 0) is 42.5 Å². The third-order valence-electron chi connectivity index (χ3n) is 4.81. The first-order valence-corrected chi connectivity index (χ1v) is 10.5. The van der Waals surface area contributed by atoms with Crippen molar-refractivity contribution in [2.45, 2.75) is 12.2 Å². The Bertz CT molecular complexity index is 1260. The number of benzene rings is 3. The van der Waals surface area contributed by atoms with Gasteiger partial charge in [0.15, 0.2) is 0 Å². The number of anilines is 1. The predicted octanol–water partition coefficient (Wildman–Crippen LogP) is 2.95. The van der Waals surface area contributed by atoms with Crippen LogP contribution in [0.2, 0.25) is 0 Å². The molecule has 184 valence electrons. The first-order valence-electron chi connectivity index (χ1n) is 10.5. The number of amides is 1. The molecule has 0 aliphatic heterocycles. The van der Waals surface area contributed by atoms with Gasteiger partial charge in [0.25, 0.3) is 5.91 Å². The Labute approximate surface area is 205 Å². The zero-order valence-electron chi connectivity index (χ0n) is 19.0. The predicted molar refractivity (Wildman–Crippen MR) is 125 cm³/mol. The summed E-state index contributed by atoms with van der Waals surface area (Å²) in [6, 6.07) is 20.7. The second-order valence-electron chi connectivity index (χ2n) is 7.28. The van der Waals surface area contributed by atoms with E-state index in [0.717, 1.165) is 0 Å². The number of hydrogen-bond acceptors (Lipinski definition) is 8. The van der Waals surface area contributed by atoms with E-state index in [4.69, 9.17) is 9.47 Å². The largest absolute Gasteiger partial charge is 0.478 e. The maximum atomic E-state index is 13.1. The number of carboxylic acids is 1. The molecule has 0 heterocycles. The Morgan fingerprint density at radius 2 is 1.17 bits per heavy atom. The van der Waals surface area contributed by atoms with Crippen molar-refractivity contribution < 1.29 is 43.3 Å². The van der Waals surface area contributed by atoms with Gasteiger partial charge in [-0.15, -0.1) is 0 Å². The second kappa shape index (κ2) is 11.9. The molecule has 3 aromatic carbocycles. The number of esters is 3. The van der Waals surface area contributed by atoms with Gasteiger partial charge in [0.2, 0.25) is 12.2 Å². The van der Waals surface area contributed by atoms with Gasteiger partial charge in [-0.25, -0.2) is 19.2 Å². The van der Waals surface area contributed by atoms with Crippen LogP contribution >= 0.6 is 0 Å². The molecular weight excluding hydrogens is 470 g/mol. The maximum absolute atomic E-state index is 13.1. The monoisotopic (exact) mass is 491 g/mol. The van der Waals surface area contributed by atoms with Crippen LogP contribution in [0.1, 0.15) is 31.1 Å². The summed E-state index contributed by atoms with van der Waals surface area (Å²) >= 11 is 0. The lowest BCUT2D eigenvalue weighted by Gasteiger charge is -2.23. The van der Waals surface area contributed by atoms with Gasteiger partial charge < -0.3 is 24.6 Å². The molecule has 3 aromatic rings. The zero-order valence-corrected chi connectivity index (χ0v) is 19.0. The maximum Gasteiger partial charge on any atom is 0.349 e. The van der Waals surface area contributed by atoms with Crippen LogP contribution in [0.25, 0.3) is 0 Å². The van der Waals surface area contributed by atoms with Crippen molar-refractivity contribution in [2.24, 2.45) is 0 Å².